The Hall–Kier alpha value is -2.16. The molecular formula is C16H18N2O5S. The van der Waals surface area contributed by atoms with Crippen LogP contribution >= 0.6 is 0 Å². The zero-order chi connectivity index (χ0) is 17.0. The molecule has 2 heterocycles. The Balaban J connectivity index is 1.67. The van der Waals surface area contributed by atoms with E-state index in [1.807, 2.05) is 0 Å². The molecule has 0 aliphatic carbocycles. The molecule has 0 unspecified atom stereocenters. The van der Waals surface area contributed by atoms with E-state index in [-0.39, 0.29) is 17.3 Å². The molecule has 1 aliphatic heterocycles. The van der Waals surface area contributed by atoms with Gasteiger partial charge in [-0.2, -0.15) is 0 Å². The Labute approximate surface area is 140 Å². The number of sulfonamides is 1. The summed E-state index contributed by atoms with van der Waals surface area (Å²) in [6, 6.07) is 9.29. The minimum atomic E-state index is -3.66. The Morgan fingerprint density at radius 1 is 1.12 bits per heavy atom. The Kier molecular flexibility index (Phi) is 4.98. The summed E-state index contributed by atoms with van der Waals surface area (Å²) in [7, 11) is -3.66. The van der Waals surface area contributed by atoms with Crippen molar-refractivity contribution in [3.8, 4) is 0 Å². The van der Waals surface area contributed by atoms with E-state index in [2.05, 4.69) is 4.72 Å². The largest absolute Gasteiger partial charge is 0.468 e. The van der Waals surface area contributed by atoms with Crippen LogP contribution in [0.5, 0.6) is 0 Å². The van der Waals surface area contributed by atoms with Gasteiger partial charge in [-0.15, -0.1) is 0 Å². The minimum Gasteiger partial charge on any atom is -0.468 e. The highest BCUT2D eigenvalue weighted by atomic mass is 32.2. The Morgan fingerprint density at radius 2 is 1.83 bits per heavy atom. The van der Waals surface area contributed by atoms with Gasteiger partial charge in [0.15, 0.2) is 0 Å². The monoisotopic (exact) mass is 350 g/mol. The van der Waals surface area contributed by atoms with Crippen LogP contribution in [0.25, 0.3) is 0 Å². The first-order valence-electron chi connectivity index (χ1n) is 7.55. The maximum absolute atomic E-state index is 12.3. The average Bonchev–Trinajstić information content (AvgIpc) is 3.14. The third-order valence-corrected chi connectivity index (χ3v) is 5.14. The molecule has 2 aromatic rings. The minimum absolute atomic E-state index is 0.0732. The lowest BCUT2D eigenvalue weighted by atomic mass is 10.2. The molecule has 1 saturated heterocycles. The summed E-state index contributed by atoms with van der Waals surface area (Å²) in [6.45, 7) is 2.21. The van der Waals surface area contributed by atoms with E-state index in [1.165, 1.54) is 30.5 Å². The molecule has 0 spiro atoms. The molecule has 1 N–H and O–H groups in total. The molecule has 1 aromatic carbocycles. The van der Waals surface area contributed by atoms with Crippen LogP contribution < -0.4 is 4.72 Å². The van der Waals surface area contributed by atoms with E-state index in [0.717, 1.165) is 0 Å². The van der Waals surface area contributed by atoms with E-state index >= 15 is 0 Å². The van der Waals surface area contributed by atoms with Gasteiger partial charge in [-0.1, -0.05) is 0 Å². The molecule has 0 bridgehead atoms. The zero-order valence-corrected chi connectivity index (χ0v) is 13.8. The molecule has 1 fully saturated rings. The van der Waals surface area contributed by atoms with E-state index in [9.17, 15) is 13.2 Å². The number of rotatable bonds is 5. The molecule has 1 aromatic heterocycles. The van der Waals surface area contributed by atoms with Crippen molar-refractivity contribution in [2.24, 2.45) is 0 Å². The summed E-state index contributed by atoms with van der Waals surface area (Å²) in [6.07, 6.45) is 1.48. The zero-order valence-electron chi connectivity index (χ0n) is 13.0. The van der Waals surface area contributed by atoms with Gasteiger partial charge in [0.25, 0.3) is 5.91 Å². The quantitative estimate of drug-likeness (QED) is 0.876. The second kappa shape index (κ2) is 7.16. The van der Waals surface area contributed by atoms with Crippen molar-refractivity contribution in [2.75, 3.05) is 26.3 Å². The highest BCUT2D eigenvalue weighted by Gasteiger charge is 2.20. The molecule has 0 saturated carbocycles. The topological polar surface area (TPSA) is 88.8 Å². The fraction of sp³-hybridized carbons (Fsp3) is 0.312. The third kappa shape index (κ3) is 3.84. The van der Waals surface area contributed by atoms with Crippen LogP contribution in [0.15, 0.2) is 52.0 Å². The van der Waals surface area contributed by atoms with Gasteiger partial charge in [-0.25, -0.2) is 13.1 Å². The number of hydrogen-bond acceptors (Lipinski definition) is 5. The molecular weight excluding hydrogens is 332 g/mol. The van der Waals surface area contributed by atoms with Crippen LogP contribution in [0.2, 0.25) is 0 Å². The highest BCUT2D eigenvalue weighted by Crippen LogP contribution is 2.14. The van der Waals surface area contributed by atoms with Crippen molar-refractivity contribution >= 4 is 15.9 Å². The second-order valence-electron chi connectivity index (χ2n) is 5.33. The number of hydrogen-bond donors (Lipinski definition) is 1. The van der Waals surface area contributed by atoms with E-state index in [4.69, 9.17) is 9.15 Å². The van der Waals surface area contributed by atoms with Crippen molar-refractivity contribution in [3.63, 3.8) is 0 Å². The lowest BCUT2D eigenvalue weighted by Crippen LogP contribution is -2.40. The number of nitrogens with zero attached hydrogens (tertiary/aromatic N) is 1. The van der Waals surface area contributed by atoms with Crippen molar-refractivity contribution < 1.29 is 22.4 Å². The predicted molar refractivity (Wildman–Crippen MR) is 85.9 cm³/mol. The average molecular weight is 350 g/mol. The maximum atomic E-state index is 12.3. The van der Waals surface area contributed by atoms with Crippen LogP contribution in [0.4, 0.5) is 0 Å². The van der Waals surface area contributed by atoms with Gasteiger partial charge in [0, 0.05) is 18.7 Å². The Morgan fingerprint density at radius 3 is 2.46 bits per heavy atom. The molecule has 0 atom stereocenters. The van der Waals surface area contributed by atoms with Gasteiger partial charge in [0.2, 0.25) is 10.0 Å². The standard InChI is InChI=1S/C16H18N2O5S/c19-16(18-7-10-22-11-8-18)13-3-5-15(6-4-13)24(20,21)17-12-14-2-1-9-23-14/h1-6,9,17H,7-8,10-12H2. The molecule has 24 heavy (non-hydrogen) atoms. The van der Waals surface area contributed by atoms with Crippen LogP contribution in [0.3, 0.4) is 0 Å². The van der Waals surface area contributed by atoms with Crippen LogP contribution in [-0.2, 0) is 21.3 Å². The number of furan rings is 1. The molecule has 8 heteroatoms. The number of ether oxygens (including phenoxy) is 1. The molecule has 128 valence electrons. The number of benzene rings is 1. The van der Waals surface area contributed by atoms with E-state index < -0.39 is 10.0 Å². The molecule has 7 nitrogen and oxygen atoms in total. The van der Waals surface area contributed by atoms with Gasteiger partial charge in [-0.3, -0.25) is 4.79 Å². The SMILES string of the molecule is O=C(c1ccc(S(=O)(=O)NCc2ccco2)cc1)N1CCOCC1. The van der Waals surface area contributed by atoms with Crippen molar-refractivity contribution in [1.82, 2.24) is 9.62 Å². The number of carbonyl (C=O) groups excluding carboxylic acids is 1. The van der Waals surface area contributed by atoms with Crippen LogP contribution in [0.1, 0.15) is 16.1 Å². The first kappa shape index (κ1) is 16.7. The second-order valence-corrected chi connectivity index (χ2v) is 7.10. The fourth-order valence-electron chi connectivity index (χ4n) is 2.39. The van der Waals surface area contributed by atoms with Crippen molar-refractivity contribution in [3.05, 3.63) is 54.0 Å². The number of morpholine rings is 1. The first-order chi connectivity index (χ1) is 11.6. The smallest absolute Gasteiger partial charge is 0.254 e. The summed E-state index contributed by atoms with van der Waals surface area (Å²) >= 11 is 0. The van der Waals surface area contributed by atoms with Crippen LogP contribution in [-0.4, -0.2) is 45.5 Å². The molecule has 1 aliphatic rings. The van der Waals surface area contributed by atoms with Gasteiger partial charge in [-0.05, 0) is 36.4 Å². The summed E-state index contributed by atoms with van der Waals surface area (Å²) in [5.74, 6) is 0.406. The van der Waals surface area contributed by atoms with Gasteiger partial charge < -0.3 is 14.1 Å². The third-order valence-electron chi connectivity index (χ3n) is 3.73. The summed E-state index contributed by atoms with van der Waals surface area (Å²) in [5, 5.41) is 0. The van der Waals surface area contributed by atoms with Gasteiger partial charge in [0.05, 0.1) is 30.9 Å². The van der Waals surface area contributed by atoms with Crippen LogP contribution in [0, 0.1) is 0 Å². The van der Waals surface area contributed by atoms with Gasteiger partial charge in [0.1, 0.15) is 5.76 Å². The molecule has 3 rings (SSSR count). The summed E-state index contributed by atoms with van der Waals surface area (Å²) < 4.78 is 37.3. The number of carbonyl (C=O) groups is 1. The lowest BCUT2D eigenvalue weighted by molar-refractivity contribution is 0.0303. The van der Waals surface area contributed by atoms with Crippen molar-refractivity contribution in [1.29, 1.82) is 0 Å². The van der Waals surface area contributed by atoms with Crippen molar-refractivity contribution in [2.45, 2.75) is 11.4 Å². The molecule has 0 radical (unpaired) electrons. The number of amides is 1. The maximum Gasteiger partial charge on any atom is 0.254 e. The summed E-state index contributed by atoms with van der Waals surface area (Å²) in [5.41, 5.74) is 0.460. The van der Waals surface area contributed by atoms with Gasteiger partial charge >= 0.3 is 0 Å². The van der Waals surface area contributed by atoms with E-state index in [0.29, 0.717) is 37.6 Å². The normalized spacial score (nSPS) is 15.4. The highest BCUT2D eigenvalue weighted by molar-refractivity contribution is 7.89. The van der Waals surface area contributed by atoms with E-state index in [1.54, 1.807) is 17.0 Å². The molecule has 1 amide bonds. The first-order valence-corrected chi connectivity index (χ1v) is 9.04. The Bertz CT molecular complexity index is 778. The fourth-order valence-corrected chi connectivity index (χ4v) is 3.38. The lowest BCUT2D eigenvalue weighted by Gasteiger charge is -2.26. The summed E-state index contributed by atoms with van der Waals surface area (Å²) in [4.78, 5) is 14.1. The number of nitrogens with one attached hydrogen (secondary N) is 1. The predicted octanol–water partition coefficient (Wildman–Crippen LogP) is 1.23.